The van der Waals surface area contributed by atoms with Crippen molar-refractivity contribution in [3.63, 3.8) is 0 Å². The fourth-order valence-corrected chi connectivity index (χ4v) is 5.04. The normalized spacial score (nSPS) is 31.7. The molecule has 0 aromatic rings. The Bertz CT molecular complexity index is 556. The van der Waals surface area contributed by atoms with Crippen molar-refractivity contribution in [2.24, 2.45) is 5.16 Å². The molecule has 0 radical (unpaired) electrons. The Morgan fingerprint density at radius 1 is 1.31 bits per heavy atom. The first-order valence-corrected chi connectivity index (χ1v) is 12.8. The summed E-state index contributed by atoms with van der Waals surface area (Å²) < 4.78 is 39.7. The van der Waals surface area contributed by atoms with Crippen LogP contribution in [0, 0.1) is 0 Å². The maximum atomic E-state index is 10.8. The molecular weight excluding hydrogens is 457 g/mol. The molecule has 0 spiro atoms. The third-order valence-corrected chi connectivity index (χ3v) is 7.83. The van der Waals surface area contributed by atoms with Crippen LogP contribution in [0.25, 0.3) is 0 Å². The molecule has 1 aliphatic rings. The number of nitrogens with zero attached hydrogens (tertiary/aromatic N) is 1. The van der Waals surface area contributed by atoms with E-state index in [4.69, 9.17) is 9.29 Å². The summed E-state index contributed by atoms with van der Waals surface area (Å²) >= 11 is 1.18. The molecule has 1 saturated heterocycles. The molecule has 5 N–H and O–H groups in total. The average Bonchev–Trinajstić information content (AvgIpc) is 2.59. The van der Waals surface area contributed by atoms with Crippen molar-refractivity contribution >= 4 is 42.2 Å². The molecule has 1 rings (SSSR count). The SMILES string of the molecule is CCC(CC/C(=N/OS(=O)(=O)O)S[C@@H]1O[C@H](CO)[C@@H](O)[C@H](O)[C@H]1O)[Se]C. The number of aliphatic hydroxyl groups excluding tert-OH is 4. The summed E-state index contributed by atoms with van der Waals surface area (Å²) in [5.41, 5.74) is -1.11. The third kappa shape index (κ3) is 7.58. The van der Waals surface area contributed by atoms with Gasteiger partial charge in [-0.1, -0.05) is 0 Å². The first kappa shape index (κ1) is 24.1. The Kier molecular flexibility index (Phi) is 10.3. The summed E-state index contributed by atoms with van der Waals surface area (Å²) in [6.07, 6.45) is -3.69. The molecule has 0 amide bonds. The van der Waals surface area contributed by atoms with E-state index in [1.165, 1.54) is 0 Å². The van der Waals surface area contributed by atoms with Crippen molar-refractivity contribution in [2.75, 3.05) is 6.61 Å². The van der Waals surface area contributed by atoms with Crippen LogP contribution >= 0.6 is 11.8 Å². The standard InChI is InChI=1S/C13H25NO9S2Se/c1-3-7(26-2)4-5-9(14-23-25(19,20)21)24-13-12(18)11(17)10(16)8(6-15)22-13/h7-8,10-13,15-18H,3-6H2,1-2H3,(H,19,20,21)/b14-9-/t7?,8-,10-,11+,12-,13+/m1/s1. The van der Waals surface area contributed by atoms with E-state index >= 15 is 0 Å². The molecule has 6 atom stereocenters. The van der Waals surface area contributed by atoms with Gasteiger partial charge in [0.25, 0.3) is 0 Å². The van der Waals surface area contributed by atoms with Crippen LogP contribution in [0.1, 0.15) is 26.2 Å². The van der Waals surface area contributed by atoms with Crippen molar-refractivity contribution in [1.82, 2.24) is 0 Å². The predicted octanol–water partition coefficient (Wildman–Crippen LogP) is -0.617. The van der Waals surface area contributed by atoms with Gasteiger partial charge in [0, 0.05) is 0 Å². The molecule has 154 valence electrons. The van der Waals surface area contributed by atoms with Crippen LogP contribution in [0.15, 0.2) is 5.16 Å². The number of aliphatic hydroxyl groups is 4. The van der Waals surface area contributed by atoms with Crippen LogP contribution in [0.3, 0.4) is 0 Å². The maximum absolute atomic E-state index is 10.8. The van der Waals surface area contributed by atoms with Crippen LogP contribution < -0.4 is 0 Å². The summed E-state index contributed by atoms with van der Waals surface area (Å²) in [5, 5.41) is 42.4. The second-order valence-electron chi connectivity index (χ2n) is 5.61. The fourth-order valence-electron chi connectivity index (χ4n) is 2.29. The number of rotatable bonds is 9. The molecule has 10 nitrogen and oxygen atoms in total. The molecule has 13 heteroatoms. The van der Waals surface area contributed by atoms with E-state index < -0.39 is 46.9 Å². The molecule has 0 bridgehead atoms. The number of hydrogen-bond acceptors (Lipinski definition) is 10. The van der Waals surface area contributed by atoms with E-state index in [1.54, 1.807) is 0 Å². The van der Waals surface area contributed by atoms with Crippen LogP contribution in [-0.4, -0.2) is 89.9 Å². The van der Waals surface area contributed by atoms with Gasteiger partial charge in [-0.3, -0.25) is 0 Å². The zero-order chi connectivity index (χ0) is 19.9. The zero-order valence-electron chi connectivity index (χ0n) is 14.3. The number of ether oxygens (including phenoxy) is 1. The van der Waals surface area contributed by atoms with Gasteiger partial charge < -0.3 is 0 Å². The van der Waals surface area contributed by atoms with Gasteiger partial charge in [0.05, 0.1) is 0 Å². The molecule has 1 fully saturated rings. The number of thioether (sulfide) groups is 1. The van der Waals surface area contributed by atoms with Gasteiger partial charge in [-0.2, -0.15) is 0 Å². The topological polar surface area (TPSA) is 166 Å². The van der Waals surface area contributed by atoms with Crippen molar-refractivity contribution in [3.8, 4) is 0 Å². The average molecular weight is 482 g/mol. The molecule has 0 aromatic heterocycles. The molecule has 26 heavy (non-hydrogen) atoms. The third-order valence-electron chi connectivity index (χ3n) is 3.80. The van der Waals surface area contributed by atoms with Crippen molar-refractivity contribution in [2.45, 2.75) is 66.7 Å². The number of oxime groups is 1. The Hall–Kier alpha value is 0.0495. The molecule has 1 heterocycles. The minimum absolute atomic E-state index is 0.134. The summed E-state index contributed by atoms with van der Waals surface area (Å²) in [6.45, 7) is 1.46. The monoisotopic (exact) mass is 483 g/mol. The fraction of sp³-hybridized carbons (Fsp3) is 0.923. The first-order chi connectivity index (χ1) is 12.1. The minimum atomic E-state index is -4.79. The van der Waals surface area contributed by atoms with Crippen molar-refractivity contribution < 1.29 is 42.4 Å². The van der Waals surface area contributed by atoms with Crippen molar-refractivity contribution in [3.05, 3.63) is 0 Å². The molecule has 0 saturated carbocycles. The van der Waals surface area contributed by atoms with Gasteiger partial charge in [0.1, 0.15) is 0 Å². The second-order valence-corrected chi connectivity index (χ2v) is 10.2. The van der Waals surface area contributed by atoms with Crippen LogP contribution in [0.4, 0.5) is 0 Å². The van der Waals surface area contributed by atoms with E-state index in [0.717, 1.165) is 18.2 Å². The summed E-state index contributed by atoms with van der Waals surface area (Å²) in [6, 6.07) is 0. The summed E-state index contributed by atoms with van der Waals surface area (Å²) in [5.74, 6) is 2.08. The Morgan fingerprint density at radius 2 is 1.96 bits per heavy atom. The van der Waals surface area contributed by atoms with E-state index in [-0.39, 0.29) is 5.04 Å². The van der Waals surface area contributed by atoms with Crippen LogP contribution in [0.5, 0.6) is 0 Å². The van der Waals surface area contributed by atoms with Crippen LogP contribution in [-0.2, 0) is 19.4 Å². The second kappa shape index (κ2) is 11.1. The summed E-state index contributed by atoms with van der Waals surface area (Å²) in [4.78, 5) is 0.425. The quantitative estimate of drug-likeness (QED) is 0.0940. The van der Waals surface area contributed by atoms with Gasteiger partial charge in [0.2, 0.25) is 0 Å². The molecular formula is C13H25NO9S2Se. The Morgan fingerprint density at radius 3 is 2.46 bits per heavy atom. The van der Waals surface area contributed by atoms with E-state index in [0.29, 0.717) is 32.6 Å². The van der Waals surface area contributed by atoms with Crippen molar-refractivity contribution in [1.29, 1.82) is 0 Å². The van der Waals surface area contributed by atoms with E-state index in [9.17, 15) is 28.8 Å². The zero-order valence-corrected chi connectivity index (χ0v) is 17.7. The predicted molar refractivity (Wildman–Crippen MR) is 96.3 cm³/mol. The van der Waals surface area contributed by atoms with Gasteiger partial charge in [-0.05, 0) is 0 Å². The van der Waals surface area contributed by atoms with Gasteiger partial charge >= 0.3 is 163 Å². The summed E-state index contributed by atoms with van der Waals surface area (Å²) in [7, 11) is -4.79. The molecule has 0 aromatic carbocycles. The van der Waals surface area contributed by atoms with Gasteiger partial charge in [-0.15, -0.1) is 0 Å². The van der Waals surface area contributed by atoms with E-state index in [1.807, 2.05) is 6.92 Å². The van der Waals surface area contributed by atoms with Gasteiger partial charge in [0.15, 0.2) is 0 Å². The number of hydrogen-bond donors (Lipinski definition) is 5. The molecule has 1 aliphatic heterocycles. The Labute approximate surface area is 163 Å². The molecule has 0 aliphatic carbocycles. The van der Waals surface area contributed by atoms with Crippen LogP contribution in [0.2, 0.25) is 10.6 Å². The molecule has 1 unspecified atom stereocenters. The van der Waals surface area contributed by atoms with E-state index in [2.05, 4.69) is 15.3 Å². The first-order valence-electron chi connectivity index (χ1n) is 7.85. The van der Waals surface area contributed by atoms with Gasteiger partial charge in [-0.25, -0.2) is 0 Å². The Balaban J connectivity index is 2.88.